The molecule has 0 radical (unpaired) electrons. The summed E-state index contributed by atoms with van der Waals surface area (Å²) in [7, 11) is -3.03. The van der Waals surface area contributed by atoms with Crippen LogP contribution in [0.15, 0.2) is 24.3 Å². The van der Waals surface area contributed by atoms with Crippen LogP contribution in [0.3, 0.4) is 0 Å². The molecule has 1 aromatic rings. The number of alkyl halides is 3. The van der Waals surface area contributed by atoms with Crippen molar-refractivity contribution in [3.8, 4) is 0 Å². The molecule has 1 aliphatic rings. The van der Waals surface area contributed by atoms with Crippen molar-refractivity contribution in [3.63, 3.8) is 0 Å². The number of sulfone groups is 1. The minimum atomic E-state index is -4.29. The standard InChI is InChI=1S/C21H31F3O2S/c1-14(2)27(25,26)13-19-12-15(3)18(11-16(19)4)8-5-17-6-9-20(10-7-17)21(22,23)24/h6-7,9-10,14-16,18-19H,5,8,11-13H2,1-4H3/t15?,16?,18-,19-/m0/s1. The Labute approximate surface area is 161 Å². The first-order chi connectivity index (χ1) is 12.4. The zero-order valence-electron chi connectivity index (χ0n) is 16.6. The van der Waals surface area contributed by atoms with E-state index >= 15 is 0 Å². The van der Waals surface area contributed by atoms with Gasteiger partial charge in [-0.25, -0.2) is 8.42 Å². The molecular formula is C21H31F3O2S. The average molecular weight is 405 g/mol. The molecule has 27 heavy (non-hydrogen) atoms. The van der Waals surface area contributed by atoms with E-state index in [0.717, 1.165) is 43.4 Å². The number of hydrogen-bond acceptors (Lipinski definition) is 2. The van der Waals surface area contributed by atoms with Gasteiger partial charge in [0.1, 0.15) is 0 Å². The van der Waals surface area contributed by atoms with E-state index < -0.39 is 21.6 Å². The molecule has 1 fully saturated rings. The predicted molar refractivity (Wildman–Crippen MR) is 103 cm³/mol. The van der Waals surface area contributed by atoms with Crippen molar-refractivity contribution in [3.05, 3.63) is 35.4 Å². The Morgan fingerprint density at radius 3 is 2.04 bits per heavy atom. The number of rotatable bonds is 6. The molecule has 2 nitrogen and oxygen atoms in total. The Bertz CT molecular complexity index is 708. The lowest BCUT2D eigenvalue weighted by molar-refractivity contribution is -0.137. The van der Waals surface area contributed by atoms with Gasteiger partial charge in [0.25, 0.3) is 0 Å². The van der Waals surface area contributed by atoms with Gasteiger partial charge in [-0.2, -0.15) is 13.2 Å². The Morgan fingerprint density at radius 2 is 1.52 bits per heavy atom. The van der Waals surface area contributed by atoms with Gasteiger partial charge in [0.15, 0.2) is 9.84 Å². The lowest BCUT2D eigenvalue weighted by Crippen LogP contribution is -2.35. The zero-order chi connectivity index (χ0) is 20.4. The first-order valence-electron chi connectivity index (χ1n) is 9.78. The average Bonchev–Trinajstić information content (AvgIpc) is 2.56. The van der Waals surface area contributed by atoms with E-state index in [2.05, 4.69) is 13.8 Å². The maximum absolute atomic E-state index is 12.7. The van der Waals surface area contributed by atoms with Gasteiger partial charge in [-0.1, -0.05) is 26.0 Å². The van der Waals surface area contributed by atoms with Gasteiger partial charge in [-0.05, 0) is 80.9 Å². The van der Waals surface area contributed by atoms with Gasteiger partial charge in [0.05, 0.1) is 16.6 Å². The molecule has 4 atom stereocenters. The summed E-state index contributed by atoms with van der Waals surface area (Å²) in [5, 5.41) is -0.336. The van der Waals surface area contributed by atoms with Crippen molar-refractivity contribution in [1.82, 2.24) is 0 Å². The quantitative estimate of drug-likeness (QED) is 0.604. The van der Waals surface area contributed by atoms with Crippen molar-refractivity contribution in [1.29, 1.82) is 0 Å². The number of halogens is 3. The minimum Gasteiger partial charge on any atom is -0.229 e. The lowest BCUT2D eigenvalue weighted by atomic mass is 9.68. The van der Waals surface area contributed by atoms with Gasteiger partial charge >= 0.3 is 6.18 Å². The molecule has 6 heteroatoms. The highest BCUT2D eigenvalue weighted by Gasteiger charge is 2.35. The fourth-order valence-electron chi connectivity index (χ4n) is 4.14. The molecule has 1 aromatic carbocycles. The molecule has 1 saturated carbocycles. The Balaban J connectivity index is 1.92. The summed E-state index contributed by atoms with van der Waals surface area (Å²) in [6.45, 7) is 7.79. The summed E-state index contributed by atoms with van der Waals surface area (Å²) in [4.78, 5) is 0. The molecule has 0 bridgehead atoms. The van der Waals surface area contributed by atoms with Crippen LogP contribution in [0.1, 0.15) is 58.1 Å². The molecule has 0 N–H and O–H groups in total. The number of benzene rings is 1. The first kappa shape index (κ1) is 22.3. The van der Waals surface area contributed by atoms with E-state index in [4.69, 9.17) is 0 Å². The van der Waals surface area contributed by atoms with Crippen molar-refractivity contribution in [2.24, 2.45) is 23.7 Å². The highest BCUT2D eigenvalue weighted by molar-refractivity contribution is 7.91. The fourth-order valence-corrected chi connectivity index (χ4v) is 5.59. The zero-order valence-corrected chi connectivity index (χ0v) is 17.4. The molecule has 0 aliphatic heterocycles. The maximum Gasteiger partial charge on any atom is 0.416 e. The summed E-state index contributed by atoms with van der Waals surface area (Å²) in [6.07, 6.45) is -0.711. The molecule has 1 aliphatic carbocycles. The summed E-state index contributed by atoms with van der Waals surface area (Å²) < 4.78 is 62.5. The highest BCUT2D eigenvalue weighted by Crippen LogP contribution is 2.41. The topological polar surface area (TPSA) is 34.1 Å². The summed E-state index contributed by atoms with van der Waals surface area (Å²) in [5.41, 5.74) is 0.312. The van der Waals surface area contributed by atoms with Gasteiger partial charge in [0, 0.05) is 0 Å². The molecule has 2 unspecified atom stereocenters. The first-order valence-corrected chi connectivity index (χ1v) is 11.5. The second-order valence-electron chi connectivity index (χ2n) is 8.56. The third-order valence-electron chi connectivity index (χ3n) is 6.21. The highest BCUT2D eigenvalue weighted by atomic mass is 32.2. The molecular weight excluding hydrogens is 373 g/mol. The van der Waals surface area contributed by atoms with E-state index in [-0.39, 0.29) is 16.9 Å². The molecule has 0 spiro atoms. The molecule has 0 heterocycles. The van der Waals surface area contributed by atoms with Crippen LogP contribution in [0.2, 0.25) is 0 Å². The molecule has 154 valence electrons. The van der Waals surface area contributed by atoms with Gasteiger partial charge < -0.3 is 0 Å². The summed E-state index contributed by atoms with van der Waals surface area (Å²) in [6, 6.07) is 5.43. The largest absolute Gasteiger partial charge is 0.416 e. The van der Waals surface area contributed by atoms with E-state index in [9.17, 15) is 21.6 Å². The van der Waals surface area contributed by atoms with Crippen molar-refractivity contribution in [2.45, 2.75) is 64.8 Å². The Hall–Kier alpha value is -1.04. The second kappa shape index (κ2) is 8.54. The van der Waals surface area contributed by atoms with Crippen LogP contribution in [0.5, 0.6) is 0 Å². The van der Waals surface area contributed by atoms with Crippen molar-refractivity contribution < 1.29 is 21.6 Å². The Kier molecular flexibility index (Phi) is 7.04. The second-order valence-corrected chi connectivity index (χ2v) is 11.2. The van der Waals surface area contributed by atoms with E-state index in [1.807, 2.05) is 0 Å². The summed E-state index contributed by atoms with van der Waals surface area (Å²) >= 11 is 0. The van der Waals surface area contributed by atoms with Gasteiger partial charge in [-0.3, -0.25) is 0 Å². The van der Waals surface area contributed by atoms with Gasteiger partial charge in [-0.15, -0.1) is 0 Å². The molecule has 0 amide bonds. The SMILES string of the molecule is CC1C[C@@H](CS(=O)(=O)C(C)C)C(C)C[C@@H]1CCc1ccc(C(F)(F)F)cc1. The fraction of sp³-hybridized carbons (Fsp3) is 0.714. The van der Waals surface area contributed by atoms with Crippen LogP contribution in [0.25, 0.3) is 0 Å². The lowest BCUT2D eigenvalue weighted by Gasteiger charge is -2.39. The minimum absolute atomic E-state index is 0.203. The maximum atomic E-state index is 12.7. The van der Waals surface area contributed by atoms with Crippen LogP contribution >= 0.6 is 0 Å². The van der Waals surface area contributed by atoms with E-state index in [0.29, 0.717) is 17.8 Å². The smallest absolute Gasteiger partial charge is 0.229 e. The number of aryl methyl sites for hydroxylation is 1. The summed E-state index contributed by atoms with van der Waals surface area (Å²) in [5.74, 6) is 1.74. The molecule has 0 aromatic heterocycles. The number of hydrogen-bond donors (Lipinski definition) is 0. The third-order valence-corrected chi connectivity index (χ3v) is 8.54. The normalized spacial score (nSPS) is 27.1. The van der Waals surface area contributed by atoms with Crippen LogP contribution in [-0.2, 0) is 22.4 Å². The molecule has 0 saturated heterocycles. The van der Waals surface area contributed by atoms with E-state index in [1.165, 1.54) is 0 Å². The van der Waals surface area contributed by atoms with Crippen LogP contribution < -0.4 is 0 Å². The van der Waals surface area contributed by atoms with Crippen LogP contribution in [0, 0.1) is 23.7 Å². The van der Waals surface area contributed by atoms with E-state index in [1.54, 1.807) is 26.0 Å². The van der Waals surface area contributed by atoms with Crippen molar-refractivity contribution >= 4 is 9.84 Å². The predicted octanol–water partition coefficient (Wildman–Crippen LogP) is 5.76. The van der Waals surface area contributed by atoms with Crippen LogP contribution in [0.4, 0.5) is 13.2 Å². The van der Waals surface area contributed by atoms with Crippen molar-refractivity contribution in [2.75, 3.05) is 5.75 Å². The monoisotopic (exact) mass is 404 g/mol. The van der Waals surface area contributed by atoms with Gasteiger partial charge in [0.2, 0.25) is 0 Å². The third kappa shape index (κ3) is 5.97. The van der Waals surface area contributed by atoms with Crippen LogP contribution in [-0.4, -0.2) is 19.4 Å². The Morgan fingerprint density at radius 1 is 1.00 bits per heavy atom. The molecule has 2 rings (SSSR count).